The molecule has 1 saturated heterocycles. The first-order valence-electron chi connectivity index (χ1n) is 8.18. The molecule has 126 valence electrons. The van der Waals surface area contributed by atoms with Crippen LogP contribution in [0.4, 0.5) is 11.6 Å². The van der Waals surface area contributed by atoms with Crippen molar-refractivity contribution in [3.8, 4) is 0 Å². The van der Waals surface area contributed by atoms with Gasteiger partial charge in [-0.1, -0.05) is 6.07 Å². The number of pyridine rings is 1. The van der Waals surface area contributed by atoms with E-state index in [2.05, 4.69) is 25.6 Å². The van der Waals surface area contributed by atoms with E-state index in [4.69, 9.17) is 0 Å². The Labute approximate surface area is 141 Å². The summed E-state index contributed by atoms with van der Waals surface area (Å²) >= 11 is 0. The molecule has 2 aromatic rings. The normalized spacial score (nSPS) is 17.5. The highest BCUT2D eigenvalue weighted by atomic mass is 16.2. The van der Waals surface area contributed by atoms with Gasteiger partial charge in [0.05, 0.1) is 18.4 Å². The largest absolute Gasteiger partial charge is 0.341 e. The van der Waals surface area contributed by atoms with Crippen LogP contribution < -0.4 is 10.6 Å². The van der Waals surface area contributed by atoms with E-state index < -0.39 is 0 Å². The number of piperidine rings is 1. The number of nitrogens with one attached hydrogen (secondary N) is 2. The summed E-state index contributed by atoms with van der Waals surface area (Å²) in [5.74, 6) is 1.76. The topological polar surface area (TPSA) is 83.0 Å². The van der Waals surface area contributed by atoms with Crippen molar-refractivity contribution in [3.05, 3.63) is 42.5 Å². The molecule has 0 bridgehead atoms. The smallest absolute Gasteiger partial charge is 0.236 e. The van der Waals surface area contributed by atoms with E-state index in [1.807, 2.05) is 23.1 Å². The number of rotatable bonds is 5. The first kappa shape index (κ1) is 16.3. The Morgan fingerprint density at radius 3 is 3.04 bits per heavy atom. The average molecular weight is 326 g/mol. The Bertz CT molecular complexity index is 678. The molecule has 0 aromatic carbocycles. The minimum absolute atomic E-state index is 0.137. The molecule has 3 heterocycles. The summed E-state index contributed by atoms with van der Waals surface area (Å²) in [7, 11) is 1.79. The van der Waals surface area contributed by atoms with Gasteiger partial charge in [-0.15, -0.1) is 0 Å². The Morgan fingerprint density at radius 2 is 2.25 bits per heavy atom. The van der Waals surface area contributed by atoms with E-state index in [-0.39, 0.29) is 11.8 Å². The molecule has 1 aliphatic rings. The zero-order valence-corrected chi connectivity index (χ0v) is 13.8. The summed E-state index contributed by atoms with van der Waals surface area (Å²) in [6.45, 7) is 1.89. The highest BCUT2D eigenvalue weighted by Gasteiger charge is 2.25. The van der Waals surface area contributed by atoms with Crippen LogP contribution in [0.3, 0.4) is 0 Å². The second kappa shape index (κ2) is 7.83. The Morgan fingerprint density at radius 1 is 1.33 bits per heavy atom. The quantitative estimate of drug-likeness (QED) is 0.867. The highest BCUT2D eigenvalue weighted by molar-refractivity contribution is 5.78. The van der Waals surface area contributed by atoms with Crippen molar-refractivity contribution in [2.24, 2.45) is 0 Å². The van der Waals surface area contributed by atoms with Crippen LogP contribution in [0.25, 0.3) is 0 Å². The summed E-state index contributed by atoms with van der Waals surface area (Å²) in [6, 6.07) is 5.66. The van der Waals surface area contributed by atoms with Crippen LogP contribution in [0, 0.1) is 0 Å². The van der Waals surface area contributed by atoms with Gasteiger partial charge in [0.15, 0.2) is 0 Å². The fourth-order valence-electron chi connectivity index (χ4n) is 2.91. The van der Waals surface area contributed by atoms with Gasteiger partial charge in [0, 0.05) is 31.4 Å². The summed E-state index contributed by atoms with van der Waals surface area (Å²) < 4.78 is 0. The van der Waals surface area contributed by atoms with Crippen LogP contribution in [-0.2, 0) is 4.79 Å². The fraction of sp³-hybridized carbons (Fsp3) is 0.412. The number of aromatic nitrogens is 3. The third-order valence-electron chi connectivity index (χ3n) is 4.09. The van der Waals surface area contributed by atoms with E-state index in [1.165, 1.54) is 0 Å². The third-order valence-corrected chi connectivity index (χ3v) is 4.09. The minimum atomic E-state index is 0.137. The Hall–Kier alpha value is -2.54. The van der Waals surface area contributed by atoms with Gasteiger partial charge in [0.2, 0.25) is 5.91 Å². The second-order valence-electron chi connectivity index (χ2n) is 5.88. The van der Waals surface area contributed by atoms with Crippen LogP contribution in [0.5, 0.6) is 0 Å². The van der Waals surface area contributed by atoms with Gasteiger partial charge < -0.3 is 15.5 Å². The average Bonchev–Trinajstić information content (AvgIpc) is 2.63. The summed E-state index contributed by atoms with van der Waals surface area (Å²) in [5.41, 5.74) is 0.915. The van der Waals surface area contributed by atoms with E-state index in [0.29, 0.717) is 18.9 Å². The predicted molar refractivity (Wildman–Crippen MR) is 92.0 cm³/mol. The Balaban J connectivity index is 1.70. The molecule has 0 spiro atoms. The number of hydrogen-bond acceptors (Lipinski definition) is 6. The SMILES string of the molecule is CNCC(=O)N1CCC[C@H](c2cncc(Nc3ccccn3)n2)C1. The first-order chi connectivity index (χ1) is 11.8. The van der Waals surface area contributed by atoms with Gasteiger partial charge in [0.1, 0.15) is 11.6 Å². The lowest BCUT2D eigenvalue weighted by molar-refractivity contribution is -0.131. The summed E-state index contributed by atoms with van der Waals surface area (Å²) in [4.78, 5) is 27.2. The monoisotopic (exact) mass is 326 g/mol. The van der Waals surface area contributed by atoms with Gasteiger partial charge in [-0.05, 0) is 32.0 Å². The second-order valence-corrected chi connectivity index (χ2v) is 5.88. The molecular weight excluding hydrogens is 304 g/mol. The molecule has 0 saturated carbocycles. The molecule has 0 radical (unpaired) electrons. The zero-order chi connectivity index (χ0) is 16.8. The molecule has 0 aliphatic carbocycles. The fourth-order valence-corrected chi connectivity index (χ4v) is 2.91. The minimum Gasteiger partial charge on any atom is -0.341 e. The molecule has 0 unspecified atom stereocenters. The number of nitrogens with zero attached hydrogens (tertiary/aromatic N) is 4. The molecule has 24 heavy (non-hydrogen) atoms. The van der Waals surface area contributed by atoms with E-state index >= 15 is 0 Å². The van der Waals surface area contributed by atoms with Crippen molar-refractivity contribution in [3.63, 3.8) is 0 Å². The molecule has 1 aliphatic heterocycles. The van der Waals surface area contributed by atoms with Crippen LogP contribution in [0.2, 0.25) is 0 Å². The molecule has 7 heteroatoms. The number of carbonyl (C=O) groups is 1. The van der Waals surface area contributed by atoms with Gasteiger partial charge in [0.25, 0.3) is 0 Å². The van der Waals surface area contributed by atoms with Crippen molar-refractivity contribution in [1.82, 2.24) is 25.2 Å². The van der Waals surface area contributed by atoms with Crippen LogP contribution in [0.1, 0.15) is 24.5 Å². The maximum Gasteiger partial charge on any atom is 0.236 e. The highest BCUT2D eigenvalue weighted by Crippen LogP contribution is 2.26. The number of likely N-dealkylation sites (N-methyl/N-ethyl adjacent to an activating group) is 1. The molecule has 1 amide bonds. The lowest BCUT2D eigenvalue weighted by Crippen LogP contribution is -2.43. The van der Waals surface area contributed by atoms with Crippen molar-refractivity contribution >= 4 is 17.5 Å². The number of likely N-dealkylation sites (tertiary alicyclic amines) is 1. The van der Waals surface area contributed by atoms with Crippen molar-refractivity contribution in [1.29, 1.82) is 0 Å². The summed E-state index contributed by atoms with van der Waals surface area (Å²) in [5, 5.41) is 6.08. The van der Waals surface area contributed by atoms with Crippen LogP contribution in [-0.4, -0.2) is 52.4 Å². The molecule has 1 atom stereocenters. The zero-order valence-electron chi connectivity index (χ0n) is 13.8. The predicted octanol–water partition coefficient (Wildman–Crippen LogP) is 1.54. The number of carbonyl (C=O) groups excluding carboxylic acids is 1. The van der Waals surface area contributed by atoms with Gasteiger partial charge in [-0.3, -0.25) is 9.78 Å². The van der Waals surface area contributed by atoms with Crippen molar-refractivity contribution in [2.45, 2.75) is 18.8 Å². The number of anilines is 2. The summed E-state index contributed by atoms with van der Waals surface area (Å²) in [6.07, 6.45) is 7.21. The van der Waals surface area contributed by atoms with Gasteiger partial charge >= 0.3 is 0 Å². The lowest BCUT2D eigenvalue weighted by atomic mass is 9.95. The molecule has 3 rings (SSSR count). The lowest BCUT2D eigenvalue weighted by Gasteiger charge is -2.32. The molecular formula is C17H22N6O. The molecule has 1 fully saturated rings. The third kappa shape index (κ3) is 4.05. The standard InChI is InChI=1S/C17H22N6O/c1-18-11-17(24)23-8-4-5-13(12-23)14-9-19-10-16(21-14)22-15-6-2-3-7-20-15/h2-3,6-7,9-10,13,18H,4-5,8,11-12H2,1H3,(H,20,21,22)/t13-/m0/s1. The Kier molecular flexibility index (Phi) is 5.32. The van der Waals surface area contributed by atoms with E-state index in [1.54, 1.807) is 25.6 Å². The molecule has 7 nitrogen and oxygen atoms in total. The van der Waals surface area contributed by atoms with Crippen molar-refractivity contribution in [2.75, 3.05) is 32.0 Å². The van der Waals surface area contributed by atoms with Gasteiger partial charge in [-0.25, -0.2) is 9.97 Å². The van der Waals surface area contributed by atoms with Crippen LogP contribution in [0.15, 0.2) is 36.8 Å². The first-order valence-corrected chi connectivity index (χ1v) is 8.18. The van der Waals surface area contributed by atoms with Crippen molar-refractivity contribution < 1.29 is 4.79 Å². The maximum absolute atomic E-state index is 12.1. The van der Waals surface area contributed by atoms with Crippen LogP contribution >= 0.6 is 0 Å². The molecule has 2 aromatic heterocycles. The number of amides is 1. The maximum atomic E-state index is 12.1. The van der Waals surface area contributed by atoms with Gasteiger partial charge in [-0.2, -0.15) is 0 Å². The van der Waals surface area contributed by atoms with E-state index in [9.17, 15) is 4.79 Å². The van der Waals surface area contributed by atoms with E-state index in [0.717, 1.165) is 30.9 Å². The number of hydrogen-bond donors (Lipinski definition) is 2. The molecule has 2 N–H and O–H groups in total.